The highest BCUT2D eigenvalue weighted by molar-refractivity contribution is 5.49. The van der Waals surface area contributed by atoms with Crippen LogP contribution < -0.4 is 0 Å². The molecule has 0 N–H and O–H groups in total. The van der Waals surface area contributed by atoms with E-state index in [9.17, 15) is 0 Å². The smallest absolute Gasteiger partial charge is 0.148 e. The first-order valence-corrected chi connectivity index (χ1v) is 14.4. The quantitative estimate of drug-likeness (QED) is 0.304. The van der Waals surface area contributed by atoms with Crippen LogP contribution in [0.15, 0.2) is 91.0 Å². The van der Waals surface area contributed by atoms with Crippen LogP contribution in [0.3, 0.4) is 0 Å². The van der Waals surface area contributed by atoms with Gasteiger partial charge in [-0.3, -0.25) is 0 Å². The van der Waals surface area contributed by atoms with Gasteiger partial charge < -0.3 is 0 Å². The highest BCUT2D eigenvalue weighted by Crippen LogP contribution is 2.81. The standard InChI is InChI=1S/C36H47F/c1-9-27-33(7)34(8,28-21-15-12-16-22-28)32(6,10-2)36(37,30-25-19-14-20-26-30)31(4,5)35(33,11-3)29-23-17-13-18-24-29/h12-26H,9-11,27H2,1-8H3. The van der Waals surface area contributed by atoms with Gasteiger partial charge in [0.15, 0.2) is 0 Å². The van der Waals surface area contributed by atoms with Crippen molar-refractivity contribution in [2.24, 2.45) is 16.2 Å². The second kappa shape index (κ2) is 9.40. The van der Waals surface area contributed by atoms with E-state index >= 15 is 4.39 Å². The van der Waals surface area contributed by atoms with E-state index < -0.39 is 27.3 Å². The van der Waals surface area contributed by atoms with Crippen LogP contribution in [-0.4, -0.2) is 0 Å². The fourth-order valence-electron chi connectivity index (χ4n) is 9.81. The van der Waals surface area contributed by atoms with Crippen LogP contribution in [0.4, 0.5) is 4.39 Å². The lowest BCUT2D eigenvalue weighted by Crippen LogP contribution is -2.78. The molecular weight excluding hydrogens is 451 g/mol. The Labute approximate surface area is 225 Å². The maximum Gasteiger partial charge on any atom is 0.148 e. The Morgan fingerprint density at radius 1 is 0.541 bits per heavy atom. The third-order valence-electron chi connectivity index (χ3n) is 11.6. The Morgan fingerprint density at radius 2 is 0.973 bits per heavy atom. The van der Waals surface area contributed by atoms with Gasteiger partial charge >= 0.3 is 0 Å². The summed E-state index contributed by atoms with van der Waals surface area (Å²) in [5, 5.41) is 0. The van der Waals surface area contributed by atoms with E-state index in [1.54, 1.807) is 0 Å². The number of rotatable bonds is 7. The minimum atomic E-state index is -1.60. The molecule has 0 heterocycles. The molecule has 0 nitrogen and oxygen atoms in total. The molecule has 0 spiro atoms. The normalized spacial score (nSPS) is 35.3. The third-order valence-corrected chi connectivity index (χ3v) is 11.6. The zero-order chi connectivity index (χ0) is 27.2. The van der Waals surface area contributed by atoms with E-state index in [4.69, 9.17) is 0 Å². The van der Waals surface area contributed by atoms with Crippen molar-refractivity contribution in [1.82, 2.24) is 0 Å². The Hall–Kier alpha value is -2.41. The summed E-state index contributed by atoms with van der Waals surface area (Å²) in [4.78, 5) is 0. The van der Waals surface area contributed by atoms with Crippen LogP contribution in [0.5, 0.6) is 0 Å². The van der Waals surface area contributed by atoms with Gasteiger partial charge in [0.05, 0.1) is 0 Å². The lowest BCUT2D eigenvalue weighted by Gasteiger charge is -2.78. The van der Waals surface area contributed by atoms with E-state index in [0.29, 0.717) is 0 Å². The SMILES string of the molecule is CCCC1(C)C(C)(c2ccccc2)C(C)(CC)C(F)(c2ccccc2)C(C)(C)C1(CC)c1ccccc1. The Morgan fingerprint density at radius 3 is 1.38 bits per heavy atom. The van der Waals surface area contributed by atoms with Gasteiger partial charge in [-0.2, -0.15) is 0 Å². The van der Waals surface area contributed by atoms with E-state index in [0.717, 1.165) is 31.2 Å². The Bertz CT molecular complexity index is 1190. The van der Waals surface area contributed by atoms with Gasteiger partial charge in [0.2, 0.25) is 0 Å². The topological polar surface area (TPSA) is 0 Å². The molecule has 5 unspecified atom stereocenters. The summed E-state index contributed by atoms with van der Waals surface area (Å²) in [6, 6.07) is 31.9. The molecule has 0 radical (unpaired) electrons. The van der Waals surface area contributed by atoms with Gasteiger partial charge in [-0.05, 0) is 41.4 Å². The fourth-order valence-corrected chi connectivity index (χ4v) is 9.81. The van der Waals surface area contributed by atoms with E-state index in [1.165, 1.54) is 11.1 Å². The van der Waals surface area contributed by atoms with E-state index in [2.05, 4.69) is 116 Å². The summed E-state index contributed by atoms with van der Waals surface area (Å²) in [5.74, 6) is 0. The molecule has 0 amide bonds. The Balaban J connectivity index is 2.30. The first kappa shape index (κ1) is 27.6. The van der Waals surface area contributed by atoms with Crippen molar-refractivity contribution in [2.45, 2.75) is 97.6 Å². The first-order valence-electron chi connectivity index (χ1n) is 14.4. The van der Waals surface area contributed by atoms with Crippen molar-refractivity contribution >= 4 is 0 Å². The Kier molecular flexibility index (Phi) is 7.02. The summed E-state index contributed by atoms with van der Waals surface area (Å²) >= 11 is 0. The number of alkyl halides is 1. The third kappa shape index (κ3) is 3.12. The van der Waals surface area contributed by atoms with Crippen LogP contribution in [0.25, 0.3) is 0 Å². The predicted octanol–water partition coefficient (Wildman–Crippen LogP) is 10.4. The summed E-state index contributed by atoms with van der Waals surface area (Å²) in [6.45, 7) is 18.4. The van der Waals surface area contributed by atoms with Gasteiger partial charge in [0.1, 0.15) is 5.67 Å². The molecule has 198 valence electrons. The van der Waals surface area contributed by atoms with Crippen molar-refractivity contribution in [3.63, 3.8) is 0 Å². The lowest BCUT2D eigenvalue weighted by molar-refractivity contribution is -0.277. The number of halogens is 1. The first-order chi connectivity index (χ1) is 17.5. The van der Waals surface area contributed by atoms with Crippen LogP contribution in [0, 0.1) is 16.2 Å². The van der Waals surface area contributed by atoms with Crippen molar-refractivity contribution in [2.75, 3.05) is 0 Å². The van der Waals surface area contributed by atoms with Crippen LogP contribution in [-0.2, 0) is 16.5 Å². The molecule has 0 bridgehead atoms. The largest absolute Gasteiger partial charge is 0.237 e. The number of benzene rings is 3. The zero-order valence-corrected chi connectivity index (χ0v) is 24.4. The minimum absolute atomic E-state index is 0.231. The monoisotopic (exact) mass is 498 g/mol. The van der Waals surface area contributed by atoms with Gasteiger partial charge in [0, 0.05) is 21.7 Å². The maximum atomic E-state index is 19.3. The van der Waals surface area contributed by atoms with E-state index in [-0.39, 0.29) is 5.41 Å². The van der Waals surface area contributed by atoms with Crippen LogP contribution >= 0.6 is 0 Å². The summed E-state index contributed by atoms with van der Waals surface area (Å²) in [7, 11) is 0. The average molecular weight is 499 g/mol. The summed E-state index contributed by atoms with van der Waals surface area (Å²) in [6.07, 6.45) is 3.67. The molecule has 1 fully saturated rings. The molecule has 1 aliphatic rings. The highest BCUT2D eigenvalue weighted by Gasteiger charge is 2.81. The molecule has 1 aliphatic carbocycles. The highest BCUT2D eigenvalue weighted by atomic mass is 19.1. The molecule has 1 heteroatoms. The molecule has 3 aromatic carbocycles. The summed E-state index contributed by atoms with van der Waals surface area (Å²) < 4.78 is 19.3. The van der Waals surface area contributed by atoms with Crippen LogP contribution in [0.1, 0.15) is 97.8 Å². The van der Waals surface area contributed by atoms with Crippen molar-refractivity contribution in [3.8, 4) is 0 Å². The van der Waals surface area contributed by atoms with Gasteiger partial charge in [-0.15, -0.1) is 0 Å². The average Bonchev–Trinajstić information content (AvgIpc) is 2.93. The van der Waals surface area contributed by atoms with E-state index in [1.807, 2.05) is 30.3 Å². The second-order valence-electron chi connectivity index (χ2n) is 12.5. The maximum absolute atomic E-state index is 19.3. The van der Waals surface area contributed by atoms with Crippen molar-refractivity contribution in [3.05, 3.63) is 108 Å². The molecule has 0 saturated heterocycles. The van der Waals surface area contributed by atoms with Gasteiger partial charge in [-0.25, -0.2) is 4.39 Å². The molecule has 5 atom stereocenters. The van der Waals surface area contributed by atoms with Gasteiger partial charge in [0.25, 0.3) is 0 Å². The number of hydrogen-bond acceptors (Lipinski definition) is 0. The lowest BCUT2D eigenvalue weighted by atomic mass is 9.25. The fraction of sp³-hybridized carbons (Fsp3) is 0.500. The molecule has 4 rings (SSSR count). The molecule has 0 aromatic heterocycles. The van der Waals surface area contributed by atoms with Gasteiger partial charge in [-0.1, -0.05) is 153 Å². The second-order valence-corrected chi connectivity index (χ2v) is 12.5. The minimum Gasteiger partial charge on any atom is -0.237 e. The van der Waals surface area contributed by atoms with Crippen LogP contribution in [0.2, 0.25) is 0 Å². The predicted molar refractivity (Wildman–Crippen MR) is 157 cm³/mol. The zero-order valence-electron chi connectivity index (χ0n) is 24.4. The van der Waals surface area contributed by atoms with Crippen molar-refractivity contribution < 1.29 is 4.39 Å². The molecular formula is C36H47F. The molecule has 1 saturated carbocycles. The van der Waals surface area contributed by atoms with Crippen molar-refractivity contribution in [1.29, 1.82) is 0 Å². The number of hydrogen-bond donors (Lipinski definition) is 0. The molecule has 0 aliphatic heterocycles. The molecule has 3 aromatic rings. The summed E-state index contributed by atoms with van der Waals surface area (Å²) in [5.41, 5.74) is -0.791. The molecule has 37 heavy (non-hydrogen) atoms.